The van der Waals surface area contributed by atoms with Crippen molar-refractivity contribution >= 4 is 11.9 Å². The van der Waals surface area contributed by atoms with Crippen molar-refractivity contribution in [1.82, 2.24) is 0 Å². The van der Waals surface area contributed by atoms with E-state index >= 15 is 0 Å². The zero-order chi connectivity index (χ0) is 16.4. The molecule has 0 bridgehead atoms. The highest BCUT2D eigenvalue weighted by atomic mass is 19.1. The van der Waals surface area contributed by atoms with Crippen LogP contribution in [0.25, 0.3) is 0 Å². The van der Waals surface area contributed by atoms with Crippen molar-refractivity contribution in [2.45, 2.75) is 5.66 Å². The molecule has 116 valence electrons. The van der Waals surface area contributed by atoms with Crippen molar-refractivity contribution in [2.75, 3.05) is 0 Å². The molecule has 1 aliphatic rings. The van der Waals surface area contributed by atoms with Gasteiger partial charge in [0, 0.05) is 16.7 Å². The van der Waals surface area contributed by atoms with Gasteiger partial charge in [-0.2, -0.15) is 0 Å². The van der Waals surface area contributed by atoms with Crippen molar-refractivity contribution in [3.8, 4) is 0 Å². The highest BCUT2D eigenvalue weighted by Crippen LogP contribution is 2.38. The van der Waals surface area contributed by atoms with Gasteiger partial charge in [-0.15, -0.1) is 0 Å². The van der Waals surface area contributed by atoms with E-state index in [2.05, 4.69) is 0 Å². The third kappa shape index (κ3) is 2.44. The minimum atomic E-state index is -0.815. The molecule has 3 aromatic carbocycles. The quantitative estimate of drug-likeness (QED) is 0.675. The molecule has 0 radical (unpaired) electrons. The first-order chi connectivity index (χ1) is 11.8. The van der Waals surface area contributed by atoms with Crippen molar-refractivity contribution in [2.24, 2.45) is 9.98 Å². The first-order valence-corrected chi connectivity index (χ1v) is 7.80. The third-order valence-corrected chi connectivity index (χ3v) is 4.13. The van der Waals surface area contributed by atoms with Crippen LogP contribution in [0.1, 0.15) is 16.7 Å². The summed E-state index contributed by atoms with van der Waals surface area (Å²) in [4.78, 5) is 9.64. The largest absolute Gasteiger partial charge is 0.252 e. The average molecular weight is 314 g/mol. The predicted molar refractivity (Wildman–Crippen MR) is 95.1 cm³/mol. The molecule has 24 heavy (non-hydrogen) atoms. The van der Waals surface area contributed by atoms with Crippen molar-refractivity contribution in [3.05, 3.63) is 107 Å². The molecule has 4 rings (SSSR count). The first kappa shape index (κ1) is 14.5. The van der Waals surface area contributed by atoms with E-state index in [0.29, 0.717) is 5.71 Å². The van der Waals surface area contributed by atoms with Gasteiger partial charge in [0.05, 0.1) is 11.9 Å². The van der Waals surface area contributed by atoms with Crippen LogP contribution >= 0.6 is 0 Å². The van der Waals surface area contributed by atoms with Crippen LogP contribution in [0.4, 0.5) is 4.39 Å². The zero-order valence-electron chi connectivity index (χ0n) is 12.9. The Balaban J connectivity index is 1.89. The van der Waals surface area contributed by atoms with Gasteiger partial charge >= 0.3 is 0 Å². The number of benzene rings is 3. The Labute approximate surface area is 140 Å². The molecule has 2 nitrogen and oxygen atoms in total. The Morgan fingerprint density at radius 2 is 1.33 bits per heavy atom. The molecular formula is C21H15FN2. The number of nitrogens with zero attached hydrogens (tertiary/aromatic N) is 2. The van der Waals surface area contributed by atoms with Crippen LogP contribution < -0.4 is 0 Å². The van der Waals surface area contributed by atoms with Crippen molar-refractivity contribution < 1.29 is 4.39 Å². The second kappa shape index (κ2) is 5.85. The summed E-state index contributed by atoms with van der Waals surface area (Å²) in [6.07, 6.45) is 1.73. The van der Waals surface area contributed by atoms with Gasteiger partial charge in [0.2, 0.25) is 5.66 Å². The first-order valence-electron chi connectivity index (χ1n) is 7.80. The van der Waals surface area contributed by atoms with E-state index in [1.54, 1.807) is 12.3 Å². The summed E-state index contributed by atoms with van der Waals surface area (Å²) in [6, 6.07) is 26.4. The Morgan fingerprint density at radius 3 is 1.92 bits per heavy atom. The molecule has 0 amide bonds. The standard InChI is InChI=1S/C21H15FN2/c22-19-13-7-8-16(14-19)20-15-23-21(24-20,17-9-3-1-4-10-17)18-11-5-2-6-12-18/h1-15H. The smallest absolute Gasteiger partial charge is 0.202 e. The molecule has 0 unspecified atom stereocenters. The lowest BCUT2D eigenvalue weighted by Gasteiger charge is -2.24. The molecule has 0 spiro atoms. The predicted octanol–water partition coefficient (Wildman–Crippen LogP) is 4.60. The molecule has 3 aromatic rings. The number of halogens is 1. The Morgan fingerprint density at radius 1 is 0.708 bits per heavy atom. The Hall–Kier alpha value is -3.07. The fourth-order valence-electron chi connectivity index (χ4n) is 2.96. The van der Waals surface area contributed by atoms with Crippen LogP contribution in [0.5, 0.6) is 0 Å². The maximum Gasteiger partial charge on any atom is 0.202 e. The molecular weight excluding hydrogens is 299 g/mol. The summed E-state index contributed by atoms with van der Waals surface area (Å²) in [5, 5.41) is 0. The fourth-order valence-corrected chi connectivity index (χ4v) is 2.96. The summed E-state index contributed by atoms with van der Waals surface area (Å²) >= 11 is 0. The van der Waals surface area contributed by atoms with Crippen LogP contribution in [0.15, 0.2) is 94.9 Å². The molecule has 0 saturated carbocycles. The topological polar surface area (TPSA) is 24.7 Å². The van der Waals surface area contributed by atoms with Crippen LogP contribution in [-0.2, 0) is 5.66 Å². The summed E-state index contributed by atoms with van der Waals surface area (Å²) < 4.78 is 13.6. The lowest BCUT2D eigenvalue weighted by molar-refractivity contribution is 0.590. The summed E-state index contributed by atoms with van der Waals surface area (Å²) in [7, 11) is 0. The molecule has 1 heterocycles. The summed E-state index contributed by atoms with van der Waals surface area (Å²) in [6.45, 7) is 0. The Kier molecular flexibility index (Phi) is 3.54. The monoisotopic (exact) mass is 314 g/mol. The van der Waals surface area contributed by atoms with Gasteiger partial charge in [-0.25, -0.2) is 9.38 Å². The van der Waals surface area contributed by atoms with Gasteiger partial charge in [0.1, 0.15) is 5.82 Å². The molecule has 0 saturated heterocycles. The molecule has 0 aromatic heterocycles. The number of aliphatic imine (C=N–C) groups is 2. The fraction of sp³-hybridized carbons (Fsp3) is 0.0476. The van der Waals surface area contributed by atoms with Crippen LogP contribution in [-0.4, -0.2) is 11.9 Å². The van der Waals surface area contributed by atoms with Gasteiger partial charge in [-0.1, -0.05) is 72.8 Å². The molecule has 3 heteroatoms. The normalized spacial score (nSPS) is 15.3. The molecule has 0 N–H and O–H groups in total. The molecule has 1 aliphatic heterocycles. The van der Waals surface area contributed by atoms with E-state index in [0.717, 1.165) is 16.7 Å². The van der Waals surface area contributed by atoms with Crippen LogP contribution in [0, 0.1) is 5.82 Å². The van der Waals surface area contributed by atoms with Gasteiger partial charge < -0.3 is 0 Å². The molecule has 0 fully saturated rings. The number of hydrogen-bond donors (Lipinski definition) is 0. The molecule has 0 aliphatic carbocycles. The van der Waals surface area contributed by atoms with E-state index < -0.39 is 5.66 Å². The van der Waals surface area contributed by atoms with Gasteiger partial charge in [0.15, 0.2) is 0 Å². The van der Waals surface area contributed by atoms with E-state index in [1.165, 1.54) is 12.1 Å². The van der Waals surface area contributed by atoms with E-state index in [4.69, 9.17) is 9.98 Å². The lowest BCUT2D eigenvalue weighted by Crippen LogP contribution is -2.21. The average Bonchev–Trinajstić information content (AvgIpc) is 3.10. The molecule has 0 atom stereocenters. The zero-order valence-corrected chi connectivity index (χ0v) is 12.9. The SMILES string of the molecule is Fc1cccc(C2=NC(c3ccccc3)(c3ccccc3)N=C2)c1. The second-order valence-electron chi connectivity index (χ2n) is 5.67. The highest BCUT2D eigenvalue weighted by molar-refractivity contribution is 6.39. The van der Waals surface area contributed by atoms with Crippen molar-refractivity contribution in [1.29, 1.82) is 0 Å². The minimum absolute atomic E-state index is 0.277. The van der Waals surface area contributed by atoms with E-state index in [9.17, 15) is 4.39 Å². The van der Waals surface area contributed by atoms with Crippen LogP contribution in [0.2, 0.25) is 0 Å². The van der Waals surface area contributed by atoms with Gasteiger partial charge in [-0.05, 0) is 12.1 Å². The number of hydrogen-bond acceptors (Lipinski definition) is 2. The maximum absolute atomic E-state index is 13.6. The summed E-state index contributed by atoms with van der Waals surface area (Å²) in [5.74, 6) is -0.277. The second-order valence-corrected chi connectivity index (χ2v) is 5.67. The van der Waals surface area contributed by atoms with Gasteiger partial charge in [0.25, 0.3) is 0 Å². The summed E-state index contributed by atoms with van der Waals surface area (Å²) in [5.41, 5.74) is 2.57. The highest BCUT2D eigenvalue weighted by Gasteiger charge is 2.36. The Bertz CT molecular complexity index is 875. The minimum Gasteiger partial charge on any atom is -0.252 e. The number of rotatable bonds is 3. The van der Waals surface area contributed by atoms with E-state index in [-0.39, 0.29) is 5.82 Å². The van der Waals surface area contributed by atoms with Crippen LogP contribution in [0.3, 0.4) is 0 Å². The van der Waals surface area contributed by atoms with Crippen molar-refractivity contribution in [3.63, 3.8) is 0 Å². The van der Waals surface area contributed by atoms with Gasteiger partial charge in [-0.3, -0.25) is 4.99 Å². The lowest BCUT2D eigenvalue weighted by atomic mass is 9.92. The van der Waals surface area contributed by atoms with E-state index in [1.807, 2.05) is 66.7 Å². The third-order valence-electron chi connectivity index (χ3n) is 4.13. The maximum atomic E-state index is 13.6.